The molecule has 0 unspecified atom stereocenters. The van der Waals surface area contributed by atoms with Crippen LogP contribution in [-0.4, -0.2) is 104 Å². The van der Waals surface area contributed by atoms with Crippen LogP contribution in [-0.2, 0) is 20.7 Å². The Balaban J connectivity index is 1.44. The molecule has 2 aliphatic rings. The van der Waals surface area contributed by atoms with Crippen molar-refractivity contribution in [3.05, 3.63) is 42.2 Å². The molecule has 1 saturated carbocycles. The standard InChI is InChI=1S/C31H47N7O5S2/c1-44-18-25(28(40)35-24(16-21-8-4-2-5-9-21)26(39)19-45-30-33-20-34-37-30)36-29(41)27(17-22-10-6-3-7-11-22)43-31(42)38-14-12-23(32)13-15-38/h3,6-7,10-11,20-21,23-27,39H,2,4-5,8-9,12-19,32H2,1H3,(H,35,40)(H,36,41)(H,33,34,37)/t24-,25-,26+,27-/m0/s1. The van der Waals surface area contributed by atoms with Gasteiger partial charge in [-0.05, 0) is 37.0 Å². The third kappa shape index (κ3) is 11.5. The Morgan fingerprint density at radius 1 is 1.07 bits per heavy atom. The molecule has 4 rings (SSSR count). The number of piperidine rings is 1. The number of carbonyl (C=O) groups is 3. The largest absolute Gasteiger partial charge is 0.436 e. The van der Waals surface area contributed by atoms with Gasteiger partial charge in [-0.25, -0.2) is 9.78 Å². The number of aliphatic hydroxyl groups is 1. The Bertz CT molecular complexity index is 1180. The van der Waals surface area contributed by atoms with E-state index in [0.29, 0.717) is 54.9 Å². The number of hydrogen-bond donors (Lipinski definition) is 5. The Morgan fingerprint density at radius 2 is 1.80 bits per heavy atom. The lowest BCUT2D eigenvalue weighted by atomic mass is 9.84. The minimum atomic E-state index is -1.13. The summed E-state index contributed by atoms with van der Waals surface area (Å²) >= 11 is 2.76. The maximum atomic E-state index is 13.7. The Hall–Kier alpha value is -2.81. The second-order valence-corrected chi connectivity index (χ2v) is 13.8. The fourth-order valence-electron chi connectivity index (χ4n) is 5.83. The zero-order valence-electron chi connectivity index (χ0n) is 25.9. The van der Waals surface area contributed by atoms with Crippen LogP contribution in [0.25, 0.3) is 0 Å². The van der Waals surface area contributed by atoms with E-state index in [1.54, 1.807) is 4.90 Å². The molecular formula is C31H47N7O5S2. The minimum absolute atomic E-state index is 0.0458. The number of aromatic amines is 1. The van der Waals surface area contributed by atoms with Crippen LogP contribution < -0.4 is 16.4 Å². The van der Waals surface area contributed by atoms with Crippen LogP contribution in [0.15, 0.2) is 41.8 Å². The first-order valence-corrected chi connectivity index (χ1v) is 18.2. The molecule has 248 valence electrons. The Labute approximate surface area is 273 Å². The Kier molecular flexibility index (Phi) is 14.3. The van der Waals surface area contributed by atoms with Crippen LogP contribution in [0.3, 0.4) is 0 Å². The number of likely N-dealkylation sites (tertiary alicyclic amines) is 1. The topological polar surface area (TPSA) is 176 Å². The molecule has 0 spiro atoms. The number of rotatable bonds is 15. The van der Waals surface area contributed by atoms with Gasteiger partial charge in [0.15, 0.2) is 11.3 Å². The maximum Gasteiger partial charge on any atom is 0.410 e. The molecule has 1 aliphatic carbocycles. The van der Waals surface area contributed by atoms with E-state index >= 15 is 0 Å². The number of amides is 3. The SMILES string of the molecule is CSC[C@H](NC(=O)[C@H](Cc1ccccc1)OC(=O)N1CCC(N)CC1)C(=O)N[C@@H](CC1CCCCC1)[C@H](O)CSc1ncn[nH]1. The van der Waals surface area contributed by atoms with Gasteiger partial charge in [0, 0.05) is 37.1 Å². The number of aliphatic hydroxyl groups excluding tert-OH is 1. The fraction of sp³-hybridized carbons (Fsp3) is 0.645. The average molecular weight is 662 g/mol. The molecule has 3 amide bonds. The number of ether oxygens (including phenoxy) is 1. The summed E-state index contributed by atoms with van der Waals surface area (Å²) in [7, 11) is 0. The van der Waals surface area contributed by atoms with E-state index in [9.17, 15) is 19.5 Å². The van der Waals surface area contributed by atoms with Crippen LogP contribution in [0.1, 0.15) is 56.9 Å². The van der Waals surface area contributed by atoms with Crippen LogP contribution in [0, 0.1) is 5.92 Å². The number of nitrogens with two attached hydrogens (primary N) is 1. The third-order valence-corrected chi connectivity index (χ3v) is 10.1. The van der Waals surface area contributed by atoms with E-state index < -0.39 is 36.3 Å². The second kappa shape index (κ2) is 18.4. The molecule has 1 saturated heterocycles. The molecule has 2 aromatic rings. The first-order chi connectivity index (χ1) is 21.8. The molecule has 1 aromatic heterocycles. The van der Waals surface area contributed by atoms with Crippen molar-refractivity contribution in [3.8, 4) is 0 Å². The molecule has 2 heterocycles. The smallest absolute Gasteiger partial charge is 0.410 e. The zero-order valence-corrected chi connectivity index (χ0v) is 27.6. The summed E-state index contributed by atoms with van der Waals surface area (Å²) < 4.78 is 5.78. The predicted octanol–water partition coefficient (Wildman–Crippen LogP) is 2.73. The van der Waals surface area contributed by atoms with Crippen LogP contribution in [0.2, 0.25) is 0 Å². The zero-order chi connectivity index (χ0) is 32.0. The van der Waals surface area contributed by atoms with Crippen molar-refractivity contribution in [2.45, 2.75) is 93.3 Å². The molecule has 12 nitrogen and oxygen atoms in total. The molecule has 2 fully saturated rings. The van der Waals surface area contributed by atoms with Crippen molar-refractivity contribution in [2.75, 3.05) is 30.9 Å². The van der Waals surface area contributed by atoms with Gasteiger partial charge in [-0.1, -0.05) is 74.2 Å². The van der Waals surface area contributed by atoms with E-state index in [-0.39, 0.29) is 18.4 Å². The van der Waals surface area contributed by atoms with E-state index in [0.717, 1.165) is 31.2 Å². The lowest BCUT2D eigenvalue weighted by Gasteiger charge is -2.32. The van der Waals surface area contributed by atoms with Crippen LogP contribution >= 0.6 is 23.5 Å². The first-order valence-electron chi connectivity index (χ1n) is 15.8. The van der Waals surface area contributed by atoms with Gasteiger partial charge < -0.3 is 31.1 Å². The highest BCUT2D eigenvalue weighted by Gasteiger charge is 2.33. The Morgan fingerprint density at radius 3 is 2.47 bits per heavy atom. The van der Waals surface area contributed by atoms with Gasteiger partial charge in [-0.3, -0.25) is 14.7 Å². The van der Waals surface area contributed by atoms with Crippen molar-refractivity contribution in [3.63, 3.8) is 0 Å². The number of thioether (sulfide) groups is 2. The number of hydrogen-bond acceptors (Lipinski definition) is 10. The molecule has 1 aromatic carbocycles. The van der Waals surface area contributed by atoms with Gasteiger partial charge in [0.1, 0.15) is 12.4 Å². The molecule has 45 heavy (non-hydrogen) atoms. The molecule has 0 radical (unpaired) electrons. The number of carbonyl (C=O) groups excluding carboxylic acids is 3. The van der Waals surface area contributed by atoms with Crippen molar-refractivity contribution < 1.29 is 24.2 Å². The summed E-state index contributed by atoms with van der Waals surface area (Å²) in [6.45, 7) is 0.938. The van der Waals surface area contributed by atoms with Crippen LogP contribution in [0.4, 0.5) is 4.79 Å². The quantitative estimate of drug-likeness (QED) is 0.179. The van der Waals surface area contributed by atoms with E-state index in [2.05, 4.69) is 25.8 Å². The summed E-state index contributed by atoms with van der Waals surface area (Å²) in [6.07, 6.45) is 8.53. The summed E-state index contributed by atoms with van der Waals surface area (Å²) in [5.74, 6) is 0.120. The minimum Gasteiger partial charge on any atom is -0.436 e. The highest BCUT2D eigenvalue weighted by Crippen LogP contribution is 2.29. The monoisotopic (exact) mass is 661 g/mol. The van der Waals surface area contributed by atoms with Crippen molar-refractivity contribution in [2.24, 2.45) is 11.7 Å². The van der Waals surface area contributed by atoms with Gasteiger partial charge in [-0.2, -0.15) is 16.9 Å². The highest BCUT2D eigenvalue weighted by atomic mass is 32.2. The van der Waals surface area contributed by atoms with E-state index in [1.807, 2.05) is 36.6 Å². The van der Waals surface area contributed by atoms with Crippen molar-refractivity contribution in [1.82, 2.24) is 30.7 Å². The summed E-state index contributed by atoms with van der Waals surface area (Å²) in [6, 6.07) is 8.00. The molecule has 1 aliphatic heterocycles. The summed E-state index contributed by atoms with van der Waals surface area (Å²) in [5.41, 5.74) is 6.83. The molecule has 4 atom stereocenters. The second-order valence-electron chi connectivity index (χ2n) is 11.9. The van der Waals surface area contributed by atoms with Crippen molar-refractivity contribution in [1.29, 1.82) is 0 Å². The number of nitrogens with zero attached hydrogens (tertiary/aromatic N) is 3. The third-order valence-electron chi connectivity index (χ3n) is 8.45. The van der Waals surface area contributed by atoms with Gasteiger partial charge >= 0.3 is 6.09 Å². The van der Waals surface area contributed by atoms with Crippen molar-refractivity contribution >= 4 is 41.4 Å². The average Bonchev–Trinajstić information content (AvgIpc) is 3.58. The molecule has 14 heteroatoms. The number of benzene rings is 1. The number of aromatic nitrogens is 3. The molecule has 0 bridgehead atoms. The number of H-pyrrole nitrogens is 1. The van der Waals surface area contributed by atoms with E-state index in [4.69, 9.17) is 10.5 Å². The van der Waals surface area contributed by atoms with E-state index in [1.165, 1.54) is 36.3 Å². The number of nitrogens with one attached hydrogen (secondary N) is 3. The first kappa shape index (κ1) is 35.1. The molecular weight excluding hydrogens is 615 g/mol. The fourth-order valence-corrected chi connectivity index (χ4v) is 7.20. The lowest BCUT2D eigenvalue weighted by Crippen LogP contribution is -2.56. The molecule has 6 N–H and O–H groups in total. The van der Waals surface area contributed by atoms with Gasteiger partial charge in [0.2, 0.25) is 5.91 Å². The normalized spacial score (nSPS) is 18.9. The highest BCUT2D eigenvalue weighted by molar-refractivity contribution is 7.99. The van der Waals surface area contributed by atoms with Gasteiger partial charge in [0.05, 0.1) is 12.1 Å². The maximum absolute atomic E-state index is 13.7. The van der Waals surface area contributed by atoms with Gasteiger partial charge in [-0.15, -0.1) is 0 Å². The lowest BCUT2D eigenvalue weighted by molar-refractivity contribution is -0.134. The van der Waals surface area contributed by atoms with Crippen LogP contribution in [0.5, 0.6) is 0 Å². The predicted molar refractivity (Wildman–Crippen MR) is 176 cm³/mol. The van der Waals surface area contributed by atoms with Gasteiger partial charge in [0.25, 0.3) is 5.91 Å². The summed E-state index contributed by atoms with van der Waals surface area (Å²) in [4.78, 5) is 46.2. The summed E-state index contributed by atoms with van der Waals surface area (Å²) in [5, 5.41) is 24.4.